The minimum Gasteiger partial charge on any atom is -0.477 e. The summed E-state index contributed by atoms with van der Waals surface area (Å²) in [5.41, 5.74) is -0.731. The van der Waals surface area contributed by atoms with Gasteiger partial charge in [-0.3, -0.25) is 0 Å². The van der Waals surface area contributed by atoms with Crippen LogP contribution in [-0.4, -0.2) is 37.4 Å². The van der Waals surface area contributed by atoms with Crippen LogP contribution in [0.15, 0.2) is 24.3 Å². The number of hydrogen-bond donors (Lipinski definition) is 1. The number of ether oxygens (including phenoxy) is 1. The molecule has 0 bridgehead atoms. The number of rotatable bonds is 3. The Morgan fingerprint density at radius 1 is 1.31 bits per heavy atom. The molecule has 2 aromatic rings. The number of anilines is 1. The summed E-state index contributed by atoms with van der Waals surface area (Å²) in [6.07, 6.45) is -4.56. The predicted molar refractivity (Wildman–Crippen MR) is 89.5 cm³/mol. The van der Waals surface area contributed by atoms with E-state index in [1.165, 1.54) is 12.1 Å². The van der Waals surface area contributed by atoms with Gasteiger partial charge in [0, 0.05) is 18.7 Å². The number of carboxylic acid groups (broad SMARTS) is 1. The fourth-order valence-electron chi connectivity index (χ4n) is 2.79. The van der Waals surface area contributed by atoms with Crippen LogP contribution in [0.4, 0.5) is 18.2 Å². The molecule has 2 heterocycles. The molecule has 136 valence electrons. The fourth-order valence-corrected chi connectivity index (χ4v) is 3.95. The number of halogens is 3. The van der Waals surface area contributed by atoms with Gasteiger partial charge in [0.2, 0.25) is 0 Å². The molecule has 1 fully saturated rings. The molecule has 1 aromatic heterocycles. The molecule has 1 N–H and O–H groups in total. The van der Waals surface area contributed by atoms with E-state index < -0.39 is 17.7 Å². The number of hydrogen-bond acceptors (Lipinski definition) is 5. The average molecular weight is 382 g/mol. The summed E-state index contributed by atoms with van der Waals surface area (Å²) in [4.78, 5) is 13.4. The topological polar surface area (TPSA) is 73.6 Å². The Bertz CT molecular complexity index is 880. The Balaban J connectivity index is 2.19. The van der Waals surface area contributed by atoms with Crippen molar-refractivity contribution in [3.8, 4) is 17.2 Å². The summed E-state index contributed by atoms with van der Waals surface area (Å²) < 4.78 is 44.3. The predicted octanol–water partition coefficient (Wildman–Crippen LogP) is 3.84. The first-order valence-electron chi connectivity index (χ1n) is 7.63. The van der Waals surface area contributed by atoms with E-state index in [0.29, 0.717) is 31.3 Å². The molecule has 1 saturated heterocycles. The molecule has 26 heavy (non-hydrogen) atoms. The molecule has 1 aliphatic rings. The quantitative estimate of drug-likeness (QED) is 0.873. The summed E-state index contributed by atoms with van der Waals surface area (Å²) >= 11 is 0.901. The Morgan fingerprint density at radius 2 is 2.00 bits per heavy atom. The Hall–Kier alpha value is -2.57. The van der Waals surface area contributed by atoms with Gasteiger partial charge in [-0.25, -0.2) is 4.79 Å². The van der Waals surface area contributed by atoms with E-state index in [1.54, 1.807) is 0 Å². The van der Waals surface area contributed by atoms with E-state index in [0.717, 1.165) is 23.5 Å². The number of nitriles is 1. The maximum atomic E-state index is 13.0. The third kappa shape index (κ3) is 3.38. The van der Waals surface area contributed by atoms with Crippen LogP contribution in [0.5, 0.6) is 0 Å². The van der Waals surface area contributed by atoms with Crippen molar-refractivity contribution < 1.29 is 27.8 Å². The second-order valence-electron chi connectivity index (χ2n) is 5.58. The van der Waals surface area contributed by atoms with Gasteiger partial charge in [0.15, 0.2) is 0 Å². The molecule has 0 amide bonds. The first-order valence-corrected chi connectivity index (χ1v) is 8.45. The number of carboxylic acids is 1. The molecule has 1 aliphatic heterocycles. The second kappa shape index (κ2) is 6.97. The standard InChI is InChI=1S/C17H13F3N2O3S/c18-17(19,20)11-3-1-2-10(8-11)13-12(9-21)15(26-14(13)16(23)24)22-4-6-25-7-5-22/h1-3,8H,4-7H2,(H,23,24). The second-order valence-corrected chi connectivity index (χ2v) is 6.58. The van der Waals surface area contributed by atoms with Crippen molar-refractivity contribution in [2.24, 2.45) is 0 Å². The lowest BCUT2D eigenvalue weighted by Crippen LogP contribution is -2.36. The zero-order valence-electron chi connectivity index (χ0n) is 13.3. The van der Waals surface area contributed by atoms with Crippen molar-refractivity contribution in [1.29, 1.82) is 5.26 Å². The number of morpholine rings is 1. The molecular weight excluding hydrogens is 369 g/mol. The van der Waals surface area contributed by atoms with Gasteiger partial charge >= 0.3 is 12.1 Å². The summed E-state index contributed by atoms with van der Waals surface area (Å²) in [5.74, 6) is -1.28. The first kappa shape index (κ1) is 18.2. The van der Waals surface area contributed by atoms with E-state index in [-0.39, 0.29) is 21.6 Å². The van der Waals surface area contributed by atoms with Crippen molar-refractivity contribution in [2.75, 3.05) is 31.2 Å². The number of carbonyl (C=O) groups is 1. The maximum Gasteiger partial charge on any atom is 0.416 e. The highest BCUT2D eigenvalue weighted by Gasteiger charge is 2.32. The first-order chi connectivity index (χ1) is 12.3. The molecule has 0 spiro atoms. The van der Waals surface area contributed by atoms with E-state index in [9.17, 15) is 28.3 Å². The molecule has 5 nitrogen and oxygen atoms in total. The summed E-state index contributed by atoms with van der Waals surface area (Å²) in [6, 6.07) is 6.35. The number of benzene rings is 1. The van der Waals surface area contributed by atoms with Gasteiger partial charge in [0.05, 0.1) is 24.3 Å². The van der Waals surface area contributed by atoms with Gasteiger partial charge in [-0.2, -0.15) is 18.4 Å². The van der Waals surface area contributed by atoms with Gasteiger partial charge in [0.1, 0.15) is 15.9 Å². The smallest absolute Gasteiger partial charge is 0.416 e. The summed E-state index contributed by atoms with van der Waals surface area (Å²) in [7, 11) is 0. The highest BCUT2D eigenvalue weighted by Crippen LogP contribution is 2.43. The van der Waals surface area contributed by atoms with Crippen LogP contribution in [0.2, 0.25) is 0 Å². The Labute approximate surface area is 150 Å². The molecule has 0 saturated carbocycles. The van der Waals surface area contributed by atoms with Crippen LogP contribution >= 0.6 is 11.3 Å². The SMILES string of the molecule is N#Cc1c(N2CCOCC2)sc(C(=O)O)c1-c1cccc(C(F)(F)F)c1. The van der Waals surface area contributed by atoms with E-state index in [2.05, 4.69) is 0 Å². The minimum absolute atomic E-state index is 0.0255. The lowest BCUT2D eigenvalue weighted by molar-refractivity contribution is -0.137. The molecule has 0 atom stereocenters. The number of aromatic carboxylic acids is 1. The Kier molecular flexibility index (Phi) is 4.89. The van der Waals surface area contributed by atoms with Gasteiger partial charge < -0.3 is 14.7 Å². The largest absolute Gasteiger partial charge is 0.477 e. The van der Waals surface area contributed by atoms with E-state index >= 15 is 0 Å². The minimum atomic E-state index is -4.56. The highest BCUT2D eigenvalue weighted by molar-refractivity contribution is 7.18. The van der Waals surface area contributed by atoms with Crippen molar-refractivity contribution >= 4 is 22.3 Å². The number of alkyl halides is 3. The molecule has 0 unspecified atom stereocenters. The summed E-state index contributed by atoms with van der Waals surface area (Å²) in [5, 5.41) is 19.6. The zero-order chi connectivity index (χ0) is 18.9. The van der Waals surface area contributed by atoms with E-state index in [1.807, 2.05) is 11.0 Å². The van der Waals surface area contributed by atoms with Crippen molar-refractivity contribution in [3.05, 3.63) is 40.3 Å². The monoisotopic (exact) mass is 382 g/mol. The Morgan fingerprint density at radius 3 is 2.58 bits per heavy atom. The van der Waals surface area contributed by atoms with Crippen LogP contribution in [0.3, 0.4) is 0 Å². The lowest BCUT2D eigenvalue weighted by Gasteiger charge is -2.27. The zero-order valence-corrected chi connectivity index (χ0v) is 14.2. The van der Waals surface area contributed by atoms with Gasteiger partial charge in [-0.05, 0) is 17.7 Å². The van der Waals surface area contributed by atoms with Crippen molar-refractivity contribution in [3.63, 3.8) is 0 Å². The maximum absolute atomic E-state index is 13.0. The average Bonchev–Trinajstić information content (AvgIpc) is 3.01. The van der Waals surface area contributed by atoms with Crippen molar-refractivity contribution in [2.45, 2.75) is 6.18 Å². The van der Waals surface area contributed by atoms with Crippen molar-refractivity contribution in [1.82, 2.24) is 0 Å². The third-order valence-corrected chi connectivity index (χ3v) is 5.21. The fraction of sp³-hybridized carbons (Fsp3) is 0.294. The van der Waals surface area contributed by atoms with Gasteiger partial charge in [-0.1, -0.05) is 12.1 Å². The lowest BCUT2D eigenvalue weighted by atomic mass is 9.99. The van der Waals surface area contributed by atoms with Gasteiger partial charge in [0.25, 0.3) is 0 Å². The molecule has 3 rings (SSSR count). The van der Waals surface area contributed by atoms with Crippen LogP contribution in [0.25, 0.3) is 11.1 Å². The van der Waals surface area contributed by atoms with Crippen LogP contribution in [0.1, 0.15) is 20.8 Å². The third-order valence-electron chi connectivity index (χ3n) is 3.97. The number of nitrogens with zero attached hydrogens (tertiary/aromatic N) is 2. The van der Waals surface area contributed by atoms with E-state index in [4.69, 9.17) is 4.74 Å². The number of thiophene rings is 1. The molecule has 0 radical (unpaired) electrons. The molecule has 9 heteroatoms. The summed E-state index contributed by atoms with van der Waals surface area (Å²) in [6.45, 7) is 1.83. The van der Waals surface area contributed by atoms with Crippen LogP contribution < -0.4 is 4.90 Å². The highest BCUT2D eigenvalue weighted by atomic mass is 32.1. The molecule has 1 aromatic carbocycles. The molecular formula is C17H13F3N2O3S. The van der Waals surface area contributed by atoms with Crippen LogP contribution in [-0.2, 0) is 10.9 Å². The molecule has 0 aliphatic carbocycles. The van der Waals surface area contributed by atoms with Crippen LogP contribution in [0, 0.1) is 11.3 Å². The van der Waals surface area contributed by atoms with Gasteiger partial charge in [-0.15, -0.1) is 11.3 Å². The normalized spacial score (nSPS) is 14.9.